The van der Waals surface area contributed by atoms with Crippen LogP contribution in [0.15, 0.2) is 0 Å². The molecule has 1 saturated carbocycles. The second kappa shape index (κ2) is 6.88. The predicted octanol–water partition coefficient (Wildman–Crippen LogP) is 0.847. The number of piperazine rings is 1. The van der Waals surface area contributed by atoms with Crippen LogP contribution in [0.25, 0.3) is 0 Å². The maximum Gasteiger partial charge on any atom is 0.233 e. The first-order valence-electron chi connectivity index (χ1n) is 8.55. The van der Waals surface area contributed by atoms with Gasteiger partial charge >= 0.3 is 0 Å². The molecule has 21 heavy (non-hydrogen) atoms. The molecule has 2 unspecified atom stereocenters. The zero-order valence-electron chi connectivity index (χ0n) is 12.9. The highest BCUT2D eigenvalue weighted by molar-refractivity contribution is 6.05. The van der Waals surface area contributed by atoms with E-state index in [4.69, 9.17) is 0 Å². The van der Waals surface area contributed by atoms with Gasteiger partial charge < -0.3 is 10.2 Å². The molecule has 3 aliphatic rings. The van der Waals surface area contributed by atoms with Crippen LogP contribution >= 0.6 is 0 Å². The van der Waals surface area contributed by atoms with Gasteiger partial charge in [0.2, 0.25) is 11.8 Å². The highest BCUT2D eigenvalue weighted by Gasteiger charge is 2.47. The standard InChI is InChI=1S/C16H27N3O2/c20-15-13-5-1-2-6-14(13)16(21)19(15)10-4-3-9-18-11-7-17-8-12-18/h13-14,17H,1-12H2. The van der Waals surface area contributed by atoms with Gasteiger partial charge in [0.15, 0.2) is 0 Å². The summed E-state index contributed by atoms with van der Waals surface area (Å²) in [6, 6.07) is 0. The van der Waals surface area contributed by atoms with Crippen LogP contribution in [0, 0.1) is 11.8 Å². The normalized spacial score (nSPS) is 30.8. The predicted molar refractivity (Wildman–Crippen MR) is 80.7 cm³/mol. The Balaban J connectivity index is 1.42. The Morgan fingerprint density at radius 2 is 1.48 bits per heavy atom. The summed E-state index contributed by atoms with van der Waals surface area (Å²) in [6.07, 6.45) is 6.08. The van der Waals surface area contributed by atoms with Crippen molar-refractivity contribution in [3.8, 4) is 0 Å². The second-order valence-electron chi connectivity index (χ2n) is 6.62. The fraction of sp³-hybridized carbons (Fsp3) is 0.875. The minimum Gasteiger partial charge on any atom is -0.314 e. The molecule has 2 saturated heterocycles. The molecular weight excluding hydrogens is 266 g/mol. The zero-order chi connectivity index (χ0) is 14.7. The number of fused-ring (bicyclic) bond motifs is 1. The third-order valence-electron chi connectivity index (χ3n) is 5.25. The van der Waals surface area contributed by atoms with E-state index in [0.717, 1.165) is 71.2 Å². The molecular formula is C16H27N3O2. The smallest absolute Gasteiger partial charge is 0.233 e. The number of hydrogen-bond acceptors (Lipinski definition) is 4. The molecule has 3 fully saturated rings. The quantitative estimate of drug-likeness (QED) is 0.603. The number of unbranched alkanes of at least 4 members (excludes halogenated alkanes) is 1. The largest absolute Gasteiger partial charge is 0.314 e. The van der Waals surface area contributed by atoms with Gasteiger partial charge in [-0.15, -0.1) is 0 Å². The van der Waals surface area contributed by atoms with Crippen LogP contribution in [0.2, 0.25) is 0 Å². The maximum atomic E-state index is 12.3. The first-order chi connectivity index (χ1) is 10.3. The lowest BCUT2D eigenvalue weighted by Crippen LogP contribution is -2.43. The van der Waals surface area contributed by atoms with Crippen molar-refractivity contribution < 1.29 is 9.59 Å². The zero-order valence-corrected chi connectivity index (χ0v) is 12.9. The Labute approximate surface area is 127 Å². The van der Waals surface area contributed by atoms with Crippen LogP contribution in [0.3, 0.4) is 0 Å². The van der Waals surface area contributed by atoms with Crippen molar-refractivity contribution in [3.63, 3.8) is 0 Å². The number of imide groups is 1. The van der Waals surface area contributed by atoms with Gasteiger partial charge in [0, 0.05) is 32.7 Å². The van der Waals surface area contributed by atoms with Gasteiger partial charge in [-0.25, -0.2) is 0 Å². The summed E-state index contributed by atoms with van der Waals surface area (Å²) in [5.74, 6) is 0.262. The van der Waals surface area contributed by atoms with E-state index in [1.54, 1.807) is 4.90 Å². The van der Waals surface area contributed by atoms with Crippen LogP contribution in [-0.4, -0.2) is 60.9 Å². The fourth-order valence-electron chi connectivity index (χ4n) is 3.99. The fourth-order valence-corrected chi connectivity index (χ4v) is 3.99. The topological polar surface area (TPSA) is 52.7 Å². The molecule has 2 aliphatic heterocycles. The highest BCUT2D eigenvalue weighted by Crippen LogP contribution is 2.37. The molecule has 0 aromatic rings. The van der Waals surface area contributed by atoms with E-state index < -0.39 is 0 Å². The van der Waals surface area contributed by atoms with E-state index in [-0.39, 0.29) is 23.7 Å². The summed E-state index contributed by atoms with van der Waals surface area (Å²) in [4.78, 5) is 28.7. The SMILES string of the molecule is O=C1C2CCCCC2C(=O)N1CCCCN1CCNCC1. The summed E-state index contributed by atoms with van der Waals surface area (Å²) >= 11 is 0. The highest BCUT2D eigenvalue weighted by atomic mass is 16.2. The molecule has 5 heteroatoms. The Morgan fingerprint density at radius 1 is 0.905 bits per heavy atom. The number of hydrogen-bond donors (Lipinski definition) is 1. The molecule has 0 spiro atoms. The number of carbonyl (C=O) groups excluding carboxylic acids is 2. The van der Waals surface area contributed by atoms with Crippen LogP contribution in [0.1, 0.15) is 38.5 Å². The molecule has 5 nitrogen and oxygen atoms in total. The minimum atomic E-state index is 0.0134. The number of likely N-dealkylation sites (tertiary alicyclic amines) is 1. The maximum absolute atomic E-state index is 12.3. The average molecular weight is 293 g/mol. The van der Waals surface area contributed by atoms with Crippen molar-refractivity contribution in [1.82, 2.24) is 15.1 Å². The van der Waals surface area contributed by atoms with Gasteiger partial charge in [-0.05, 0) is 32.2 Å². The Kier molecular flexibility index (Phi) is 4.91. The summed E-state index contributed by atoms with van der Waals surface area (Å²) in [6.45, 7) is 6.11. The third kappa shape index (κ3) is 3.29. The van der Waals surface area contributed by atoms with Gasteiger partial charge in [0.25, 0.3) is 0 Å². The van der Waals surface area contributed by atoms with Gasteiger partial charge in [-0.2, -0.15) is 0 Å². The van der Waals surface area contributed by atoms with E-state index in [2.05, 4.69) is 10.2 Å². The van der Waals surface area contributed by atoms with Crippen LogP contribution in [0.5, 0.6) is 0 Å². The van der Waals surface area contributed by atoms with Crippen molar-refractivity contribution in [3.05, 3.63) is 0 Å². The number of carbonyl (C=O) groups is 2. The molecule has 0 radical (unpaired) electrons. The van der Waals surface area contributed by atoms with Crippen molar-refractivity contribution in [1.29, 1.82) is 0 Å². The molecule has 2 amide bonds. The van der Waals surface area contributed by atoms with Crippen LogP contribution in [-0.2, 0) is 9.59 Å². The van der Waals surface area contributed by atoms with Gasteiger partial charge in [0.05, 0.1) is 11.8 Å². The molecule has 118 valence electrons. The van der Waals surface area contributed by atoms with E-state index in [9.17, 15) is 9.59 Å². The molecule has 1 N–H and O–H groups in total. The van der Waals surface area contributed by atoms with E-state index in [0.29, 0.717) is 6.54 Å². The van der Waals surface area contributed by atoms with Crippen molar-refractivity contribution in [2.45, 2.75) is 38.5 Å². The first-order valence-corrected chi connectivity index (χ1v) is 8.55. The van der Waals surface area contributed by atoms with Gasteiger partial charge in [0.1, 0.15) is 0 Å². The van der Waals surface area contributed by atoms with Crippen molar-refractivity contribution in [2.75, 3.05) is 39.3 Å². The molecule has 2 atom stereocenters. The monoisotopic (exact) mass is 293 g/mol. The molecule has 3 rings (SSSR count). The van der Waals surface area contributed by atoms with Crippen LogP contribution in [0.4, 0.5) is 0 Å². The lowest BCUT2D eigenvalue weighted by Gasteiger charge is -2.27. The Morgan fingerprint density at radius 3 is 2.10 bits per heavy atom. The molecule has 0 bridgehead atoms. The third-order valence-corrected chi connectivity index (χ3v) is 5.25. The van der Waals surface area contributed by atoms with Crippen molar-refractivity contribution in [2.24, 2.45) is 11.8 Å². The van der Waals surface area contributed by atoms with Gasteiger partial charge in [-0.3, -0.25) is 14.5 Å². The second-order valence-corrected chi connectivity index (χ2v) is 6.62. The molecule has 1 aliphatic carbocycles. The molecule has 0 aromatic carbocycles. The lowest BCUT2D eigenvalue weighted by molar-refractivity contribution is -0.140. The number of rotatable bonds is 5. The van der Waals surface area contributed by atoms with Gasteiger partial charge in [-0.1, -0.05) is 12.8 Å². The summed E-state index contributed by atoms with van der Waals surface area (Å²) < 4.78 is 0. The summed E-state index contributed by atoms with van der Waals surface area (Å²) in [5.41, 5.74) is 0. The van der Waals surface area contributed by atoms with Crippen LogP contribution < -0.4 is 5.32 Å². The van der Waals surface area contributed by atoms with Crippen molar-refractivity contribution >= 4 is 11.8 Å². The Hall–Kier alpha value is -0.940. The van der Waals surface area contributed by atoms with E-state index >= 15 is 0 Å². The first kappa shape index (κ1) is 15.0. The average Bonchev–Trinajstić information content (AvgIpc) is 2.77. The molecule has 2 heterocycles. The minimum absolute atomic E-state index is 0.0134. The summed E-state index contributed by atoms with van der Waals surface area (Å²) in [7, 11) is 0. The van der Waals surface area contributed by atoms with E-state index in [1.165, 1.54) is 0 Å². The van der Waals surface area contributed by atoms with E-state index in [1.807, 2.05) is 0 Å². The Bertz CT molecular complexity index is 369. The summed E-state index contributed by atoms with van der Waals surface area (Å²) in [5, 5.41) is 3.35. The molecule has 0 aromatic heterocycles. The number of nitrogens with zero attached hydrogens (tertiary/aromatic N) is 2. The lowest BCUT2D eigenvalue weighted by atomic mass is 9.81. The number of nitrogens with one attached hydrogen (secondary N) is 1. The number of amides is 2.